The molecule has 0 radical (unpaired) electrons. The summed E-state index contributed by atoms with van der Waals surface area (Å²) in [7, 11) is 0. The molecule has 0 aliphatic carbocycles. The number of Topliss-reactive ketones (excluding diaryl/α,β-unsaturated/α-hetero) is 1. The molecule has 0 bridgehead atoms. The van der Waals surface area contributed by atoms with Crippen molar-refractivity contribution in [2.45, 2.75) is 25.8 Å². The SMILES string of the molecule is CCc1ccc(/C(O)=C2/C(=O)C(=O)N(CCc3ccc(Cl)cc3)C2c2ccco2)cc1. The number of aryl methyl sites for hydroxylation is 1. The topological polar surface area (TPSA) is 70.8 Å². The zero-order chi connectivity index (χ0) is 22.0. The second-order valence-corrected chi connectivity index (χ2v) is 7.87. The summed E-state index contributed by atoms with van der Waals surface area (Å²) in [5.74, 6) is -1.13. The lowest BCUT2D eigenvalue weighted by Crippen LogP contribution is -2.31. The minimum absolute atomic E-state index is 0.0419. The van der Waals surface area contributed by atoms with E-state index in [0.29, 0.717) is 29.3 Å². The standard InChI is InChI=1S/C25H22ClNO4/c1-2-16-5-9-18(10-6-16)23(28)21-22(20-4-3-15-31-20)27(25(30)24(21)29)14-13-17-7-11-19(26)12-8-17/h3-12,15,22,28H,2,13-14H2,1H3/b23-21-. The first kappa shape index (κ1) is 20.9. The van der Waals surface area contributed by atoms with E-state index >= 15 is 0 Å². The predicted molar refractivity (Wildman–Crippen MR) is 119 cm³/mol. The van der Waals surface area contributed by atoms with Crippen LogP contribution in [0.25, 0.3) is 5.76 Å². The number of amides is 1. The number of aliphatic hydroxyl groups excluding tert-OH is 1. The van der Waals surface area contributed by atoms with Gasteiger partial charge in [0, 0.05) is 17.1 Å². The highest BCUT2D eigenvalue weighted by Crippen LogP contribution is 2.39. The number of likely N-dealkylation sites (tertiary alicyclic amines) is 1. The van der Waals surface area contributed by atoms with Crippen LogP contribution in [-0.4, -0.2) is 28.2 Å². The molecular formula is C25H22ClNO4. The van der Waals surface area contributed by atoms with Gasteiger partial charge in [0.15, 0.2) is 0 Å². The lowest BCUT2D eigenvalue weighted by molar-refractivity contribution is -0.140. The van der Waals surface area contributed by atoms with Crippen LogP contribution in [0, 0.1) is 0 Å². The Bertz CT molecular complexity index is 1120. The molecule has 1 fully saturated rings. The van der Waals surface area contributed by atoms with Crippen molar-refractivity contribution < 1.29 is 19.1 Å². The summed E-state index contributed by atoms with van der Waals surface area (Å²) in [6.45, 7) is 2.33. The molecular weight excluding hydrogens is 414 g/mol. The molecule has 158 valence electrons. The second-order valence-electron chi connectivity index (χ2n) is 7.43. The van der Waals surface area contributed by atoms with Crippen molar-refractivity contribution in [3.05, 3.63) is 100.0 Å². The molecule has 2 aromatic carbocycles. The number of hydrogen-bond acceptors (Lipinski definition) is 4. The molecule has 0 spiro atoms. The highest BCUT2D eigenvalue weighted by Gasteiger charge is 2.47. The van der Waals surface area contributed by atoms with E-state index < -0.39 is 17.7 Å². The fourth-order valence-corrected chi connectivity index (χ4v) is 3.93. The maximum absolute atomic E-state index is 12.9. The fourth-order valence-electron chi connectivity index (χ4n) is 3.81. The van der Waals surface area contributed by atoms with Crippen LogP contribution in [0.4, 0.5) is 0 Å². The molecule has 0 saturated carbocycles. The van der Waals surface area contributed by atoms with Crippen LogP contribution in [0.1, 0.15) is 35.4 Å². The van der Waals surface area contributed by atoms with E-state index in [0.717, 1.165) is 17.5 Å². The molecule has 31 heavy (non-hydrogen) atoms. The lowest BCUT2D eigenvalue weighted by Gasteiger charge is -2.23. The Morgan fingerprint density at radius 2 is 1.71 bits per heavy atom. The summed E-state index contributed by atoms with van der Waals surface area (Å²) in [5.41, 5.74) is 2.63. The Balaban J connectivity index is 1.71. The minimum Gasteiger partial charge on any atom is -0.507 e. The highest BCUT2D eigenvalue weighted by atomic mass is 35.5. The number of hydrogen-bond donors (Lipinski definition) is 1. The van der Waals surface area contributed by atoms with Gasteiger partial charge < -0.3 is 14.4 Å². The number of aliphatic hydroxyl groups is 1. The largest absolute Gasteiger partial charge is 0.507 e. The highest BCUT2D eigenvalue weighted by molar-refractivity contribution is 6.46. The first-order valence-corrected chi connectivity index (χ1v) is 10.5. The summed E-state index contributed by atoms with van der Waals surface area (Å²) >= 11 is 5.95. The summed E-state index contributed by atoms with van der Waals surface area (Å²) in [4.78, 5) is 27.3. The van der Waals surface area contributed by atoms with Crippen molar-refractivity contribution in [2.75, 3.05) is 6.54 Å². The van der Waals surface area contributed by atoms with E-state index in [4.69, 9.17) is 16.0 Å². The van der Waals surface area contributed by atoms with Crippen molar-refractivity contribution in [3.63, 3.8) is 0 Å². The van der Waals surface area contributed by atoms with E-state index in [-0.39, 0.29) is 11.3 Å². The van der Waals surface area contributed by atoms with E-state index in [1.165, 1.54) is 11.2 Å². The van der Waals surface area contributed by atoms with Crippen LogP contribution < -0.4 is 0 Å². The molecule has 4 rings (SSSR count). The molecule has 1 saturated heterocycles. The molecule has 1 aliphatic rings. The number of carbonyl (C=O) groups is 2. The molecule has 2 heterocycles. The summed E-state index contributed by atoms with van der Waals surface area (Å²) < 4.78 is 5.56. The third-order valence-corrected chi connectivity index (χ3v) is 5.79. The quantitative estimate of drug-likeness (QED) is 0.330. The van der Waals surface area contributed by atoms with Gasteiger partial charge in [0.05, 0.1) is 11.8 Å². The van der Waals surface area contributed by atoms with Crippen molar-refractivity contribution in [3.8, 4) is 0 Å². The van der Waals surface area contributed by atoms with E-state index in [1.807, 2.05) is 31.2 Å². The van der Waals surface area contributed by atoms with Crippen LogP contribution in [0.3, 0.4) is 0 Å². The summed E-state index contributed by atoms with van der Waals surface area (Å²) in [6.07, 6.45) is 2.89. The van der Waals surface area contributed by atoms with Gasteiger partial charge in [0.2, 0.25) is 0 Å². The summed E-state index contributed by atoms with van der Waals surface area (Å²) in [6, 6.07) is 17.3. The van der Waals surface area contributed by atoms with Crippen molar-refractivity contribution in [1.82, 2.24) is 4.90 Å². The number of carbonyl (C=O) groups excluding carboxylic acids is 2. The van der Waals surface area contributed by atoms with Gasteiger partial charge >= 0.3 is 0 Å². The third kappa shape index (κ3) is 4.14. The molecule has 5 nitrogen and oxygen atoms in total. The number of ketones is 1. The van der Waals surface area contributed by atoms with Crippen molar-refractivity contribution in [2.24, 2.45) is 0 Å². The van der Waals surface area contributed by atoms with Gasteiger partial charge in [-0.25, -0.2) is 0 Å². The number of rotatable bonds is 6. The minimum atomic E-state index is -0.784. The Labute approximate surface area is 185 Å². The average molecular weight is 436 g/mol. The third-order valence-electron chi connectivity index (χ3n) is 5.54. The molecule has 1 amide bonds. The smallest absolute Gasteiger partial charge is 0.295 e. The van der Waals surface area contributed by atoms with Gasteiger partial charge in [-0.15, -0.1) is 0 Å². The van der Waals surface area contributed by atoms with Crippen LogP contribution in [-0.2, 0) is 22.4 Å². The van der Waals surface area contributed by atoms with Gasteiger partial charge in [-0.2, -0.15) is 0 Å². The van der Waals surface area contributed by atoms with Crippen LogP contribution in [0.15, 0.2) is 76.9 Å². The average Bonchev–Trinajstić information content (AvgIpc) is 3.40. The molecule has 1 unspecified atom stereocenters. The number of halogens is 1. The zero-order valence-corrected chi connectivity index (χ0v) is 17.8. The van der Waals surface area contributed by atoms with Crippen LogP contribution >= 0.6 is 11.6 Å². The van der Waals surface area contributed by atoms with Crippen molar-refractivity contribution >= 4 is 29.1 Å². The first-order chi connectivity index (χ1) is 15.0. The Hall–Kier alpha value is -3.31. The Morgan fingerprint density at radius 1 is 1.03 bits per heavy atom. The molecule has 3 aromatic rings. The maximum Gasteiger partial charge on any atom is 0.295 e. The van der Waals surface area contributed by atoms with Gasteiger partial charge in [-0.05, 0) is 48.2 Å². The molecule has 1 aliphatic heterocycles. The van der Waals surface area contributed by atoms with Crippen molar-refractivity contribution in [1.29, 1.82) is 0 Å². The lowest BCUT2D eigenvalue weighted by atomic mass is 9.98. The molecule has 1 atom stereocenters. The van der Waals surface area contributed by atoms with E-state index in [9.17, 15) is 14.7 Å². The van der Waals surface area contributed by atoms with Crippen LogP contribution in [0.5, 0.6) is 0 Å². The number of nitrogens with zero attached hydrogens (tertiary/aromatic N) is 1. The Morgan fingerprint density at radius 3 is 2.32 bits per heavy atom. The van der Waals surface area contributed by atoms with E-state index in [2.05, 4.69) is 0 Å². The first-order valence-electron chi connectivity index (χ1n) is 10.1. The summed E-state index contributed by atoms with van der Waals surface area (Å²) in [5, 5.41) is 11.6. The Kier molecular flexibility index (Phi) is 5.96. The maximum atomic E-state index is 12.9. The second kappa shape index (κ2) is 8.82. The number of benzene rings is 2. The monoisotopic (exact) mass is 435 g/mol. The molecule has 1 N–H and O–H groups in total. The molecule has 1 aromatic heterocycles. The van der Waals surface area contributed by atoms with Gasteiger partial charge in [0.1, 0.15) is 17.6 Å². The van der Waals surface area contributed by atoms with Gasteiger partial charge in [-0.1, -0.05) is 54.9 Å². The number of furan rings is 1. The fraction of sp³-hybridized carbons (Fsp3) is 0.200. The van der Waals surface area contributed by atoms with Gasteiger partial charge in [-0.3, -0.25) is 9.59 Å². The predicted octanol–water partition coefficient (Wildman–Crippen LogP) is 5.16. The molecule has 6 heteroatoms. The van der Waals surface area contributed by atoms with Gasteiger partial charge in [0.25, 0.3) is 11.7 Å². The van der Waals surface area contributed by atoms with Crippen LogP contribution in [0.2, 0.25) is 5.02 Å². The van der Waals surface area contributed by atoms with E-state index in [1.54, 1.807) is 36.4 Å². The zero-order valence-electron chi connectivity index (χ0n) is 17.0. The normalized spacial score (nSPS) is 18.0.